The molecular formula is C18H24N3O3S+. The van der Waals surface area contributed by atoms with Crippen molar-refractivity contribution in [2.24, 2.45) is 0 Å². The SMILES string of the molecule is CCOc1ccc(C(=O)Nc2nc3c(s2)C[NH+](C)CC3)cc1OCC. The topological polar surface area (TPSA) is 64.9 Å². The molecule has 1 atom stereocenters. The summed E-state index contributed by atoms with van der Waals surface area (Å²) >= 11 is 1.57. The molecule has 0 fully saturated rings. The predicted molar refractivity (Wildman–Crippen MR) is 98.0 cm³/mol. The van der Waals surface area contributed by atoms with E-state index in [0.717, 1.165) is 25.2 Å². The number of hydrogen-bond donors (Lipinski definition) is 2. The number of benzene rings is 1. The zero-order chi connectivity index (χ0) is 17.8. The third-order valence-corrected chi connectivity index (χ3v) is 5.07. The minimum atomic E-state index is -0.184. The van der Waals surface area contributed by atoms with Gasteiger partial charge in [-0.05, 0) is 32.0 Å². The van der Waals surface area contributed by atoms with Crippen LogP contribution in [-0.4, -0.2) is 37.7 Å². The molecular weight excluding hydrogens is 338 g/mol. The average molecular weight is 362 g/mol. The lowest BCUT2D eigenvalue weighted by atomic mass is 10.2. The number of carbonyl (C=O) groups excluding carboxylic acids is 1. The molecule has 6 nitrogen and oxygen atoms in total. The number of thiazole rings is 1. The van der Waals surface area contributed by atoms with Gasteiger partial charge in [0.05, 0.1) is 37.4 Å². The van der Waals surface area contributed by atoms with Gasteiger partial charge in [-0.15, -0.1) is 0 Å². The Morgan fingerprint density at radius 2 is 2.04 bits per heavy atom. The third-order valence-electron chi connectivity index (χ3n) is 4.06. The number of anilines is 1. The largest absolute Gasteiger partial charge is 0.490 e. The number of ether oxygens (including phenoxy) is 2. The van der Waals surface area contributed by atoms with E-state index in [2.05, 4.69) is 17.3 Å². The van der Waals surface area contributed by atoms with Crippen molar-refractivity contribution in [2.45, 2.75) is 26.8 Å². The molecule has 134 valence electrons. The summed E-state index contributed by atoms with van der Waals surface area (Å²) in [4.78, 5) is 19.9. The highest BCUT2D eigenvalue weighted by atomic mass is 32.1. The van der Waals surface area contributed by atoms with Crippen LogP contribution in [0.25, 0.3) is 0 Å². The maximum atomic E-state index is 12.6. The van der Waals surface area contributed by atoms with Gasteiger partial charge in [0.15, 0.2) is 16.6 Å². The highest BCUT2D eigenvalue weighted by Crippen LogP contribution is 2.29. The lowest BCUT2D eigenvalue weighted by molar-refractivity contribution is -0.895. The van der Waals surface area contributed by atoms with Crippen LogP contribution in [0.2, 0.25) is 0 Å². The molecule has 2 N–H and O–H groups in total. The number of rotatable bonds is 6. The Morgan fingerprint density at radius 3 is 2.80 bits per heavy atom. The first kappa shape index (κ1) is 17.7. The summed E-state index contributed by atoms with van der Waals surface area (Å²) in [6, 6.07) is 5.23. The van der Waals surface area contributed by atoms with E-state index in [1.165, 1.54) is 9.78 Å². The second kappa shape index (κ2) is 7.84. The summed E-state index contributed by atoms with van der Waals surface area (Å²) < 4.78 is 11.1. The van der Waals surface area contributed by atoms with Gasteiger partial charge in [-0.3, -0.25) is 10.1 Å². The smallest absolute Gasteiger partial charge is 0.257 e. The number of fused-ring (bicyclic) bond motifs is 1. The summed E-state index contributed by atoms with van der Waals surface area (Å²) in [6.45, 7) is 6.94. The molecule has 0 bridgehead atoms. The molecule has 0 saturated heterocycles. The van der Waals surface area contributed by atoms with Crippen LogP contribution in [0.15, 0.2) is 18.2 Å². The molecule has 2 aromatic rings. The second-order valence-corrected chi connectivity index (χ2v) is 7.09. The Balaban J connectivity index is 1.76. The van der Waals surface area contributed by atoms with Crippen LogP contribution in [0.4, 0.5) is 5.13 Å². The van der Waals surface area contributed by atoms with Crippen molar-refractivity contribution in [1.82, 2.24) is 4.98 Å². The maximum absolute atomic E-state index is 12.6. The minimum absolute atomic E-state index is 0.184. The van der Waals surface area contributed by atoms with Gasteiger partial charge < -0.3 is 14.4 Å². The highest BCUT2D eigenvalue weighted by Gasteiger charge is 2.22. The van der Waals surface area contributed by atoms with E-state index in [9.17, 15) is 4.79 Å². The normalized spacial score (nSPS) is 16.2. The van der Waals surface area contributed by atoms with E-state index >= 15 is 0 Å². The van der Waals surface area contributed by atoms with Crippen molar-refractivity contribution in [1.29, 1.82) is 0 Å². The van der Waals surface area contributed by atoms with E-state index in [1.54, 1.807) is 29.5 Å². The van der Waals surface area contributed by atoms with E-state index in [-0.39, 0.29) is 5.91 Å². The van der Waals surface area contributed by atoms with Gasteiger partial charge in [-0.2, -0.15) is 0 Å². The lowest BCUT2D eigenvalue weighted by Crippen LogP contribution is -3.08. The third kappa shape index (κ3) is 4.11. The van der Waals surface area contributed by atoms with Crippen molar-refractivity contribution in [3.63, 3.8) is 0 Å². The Hall–Kier alpha value is -2.12. The molecule has 0 spiro atoms. The van der Waals surface area contributed by atoms with E-state index in [1.807, 2.05) is 13.8 Å². The average Bonchev–Trinajstić information content (AvgIpc) is 2.98. The summed E-state index contributed by atoms with van der Waals surface area (Å²) in [6.07, 6.45) is 0.963. The van der Waals surface area contributed by atoms with Crippen LogP contribution >= 0.6 is 11.3 Å². The van der Waals surface area contributed by atoms with Crippen molar-refractivity contribution >= 4 is 22.4 Å². The molecule has 1 aliphatic rings. The van der Waals surface area contributed by atoms with Gasteiger partial charge in [0.1, 0.15) is 6.54 Å². The number of nitrogens with zero attached hydrogens (tertiary/aromatic N) is 1. The number of likely N-dealkylation sites (N-methyl/N-ethyl adjacent to an activating group) is 1. The van der Waals surface area contributed by atoms with Gasteiger partial charge in [-0.1, -0.05) is 11.3 Å². The number of aromatic nitrogens is 1. The molecule has 0 radical (unpaired) electrons. The molecule has 7 heteroatoms. The highest BCUT2D eigenvalue weighted by molar-refractivity contribution is 7.15. The minimum Gasteiger partial charge on any atom is -0.490 e. The molecule has 1 aromatic heterocycles. The van der Waals surface area contributed by atoms with Crippen LogP contribution in [0.1, 0.15) is 34.8 Å². The molecule has 0 aliphatic carbocycles. The standard InChI is InChI=1S/C18H23N3O3S/c1-4-23-14-7-6-12(10-15(14)24-5-2)17(22)20-18-19-13-8-9-21(3)11-16(13)25-18/h6-7,10H,4-5,8-9,11H2,1-3H3,(H,19,20,22)/p+1. The first-order valence-corrected chi connectivity index (χ1v) is 9.43. The maximum Gasteiger partial charge on any atom is 0.257 e. The monoisotopic (exact) mass is 362 g/mol. The Labute approximate surface area is 151 Å². The van der Waals surface area contributed by atoms with Crippen LogP contribution in [0.3, 0.4) is 0 Å². The number of nitrogens with one attached hydrogen (secondary N) is 2. The molecule has 3 rings (SSSR count). The van der Waals surface area contributed by atoms with Crippen LogP contribution < -0.4 is 19.7 Å². The van der Waals surface area contributed by atoms with Gasteiger partial charge in [0.25, 0.3) is 5.91 Å². The van der Waals surface area contributed by atoms with Crippen molar-refractivity contribution in [2.75, 3.05) is 32.1 Å². The van der Waals surface area contributed by atoms with E-state index in [0.29, 0.717) is 35.4 Å². The molecule has 1 aliphatic heterocycles. The number of amides is 1. The Morgan fingerprint density at radius 1 is 1.28 bits per heavy atom. The molecule has 0 saturated carbocycles. The van der Waals surface area contributed by atoms with Gasteiger partial charge in [0.2, 0.25) is 0 Å². The predicted octanol–water partition coefficient (Wildman–Crippen LogP) is 1.76. The molecule has 1 aromatic carbocycles. The fourth-order valence-corrected chi connectivity index (χ4v) is 3.94. The van der Waals surface area contributed by atoms with Gasteiger partial charge in [0, 0.05) is 12.0 Å². The first-order valence-electron chi connectivity index (χ1n) is 8.61. The first-order chi connectivity index (χ1) is 12.1. The zero-order valence-electron chi connectivity index (χ0n) is 14.8. The molecule has 1 unspecified atom stereocenters. The van der Waals surface area contributed by atoms with Crippen LogP contribution in [0.5, 0.6) is 11.5 Å². The van der Waals surface area contributed by atoms with Gasteiger partial charge >= 0.3 is 0 Å². The molecule has 2 heterocycles. The second-order valence-electron chi connectivity index (χ2n) is 6.00. The molecule has 25 heavy (non-hydrogen) atoms. The summed E-state index contributed by atoms with van der Waals surface area (Å²) in [5, 5.41) is 3.58. The fraction of sp³-hybridized carbons (Fsp3) is 0.444. The van der Waals surface area contributed by atoms with Crippen molar-refractivity contribution < 1.29 is 19.2 Å². The van der Waals surface area contributed by atoms with E-state index in [4.69, 9.17) is 9.47 Å². The fourth-order valence-electron chi connectivity index (χ4n) is 2.83. The van der Waals surface area contributed by atoms with Gasteiger partial charge in [-0.25, -0.2) is 4.98 Å². The zero-order valence-corrected chi connectivity index (χ0v) is 15.7. The number of hydrogen-bond acceptors (Lipinski definition) is 5. The van der Waals surface area contributed by atoms with Crippen LogP contribution in [0, 0.1) is 0 Å². The van der Waals surface area contributed by atoms with Crippen molar-refractivity contribution in [3.05, 3.63) is 34.3 Å². The summed E-state index contributed by atoms with van der Waals surface area (Å²) in [5.41, 5.74) is 1.65. The lowest BCUT2D eigenvalue weighted by Gasteiger charge is -2.17. The quantitative estimate of drug-likeness (QED) is 0.822. The van der Waals surface area contributed by atoms with E-state index < -0.39 is 0 Å². The summed E-state index contributed by atoms with van der Waals surface area (Å²) in [5.74, 6) is 1.05. The summed E-state index contributed by atoms with van der Waals surface area (Å²) in [7, 11) is 2.18. The number of carbonyl (C=O) groups is 1. The molecule has 1 amide bonds. The van der Waals surface area contributed by atoms with Crippen LogP contribution in [-0.2, 0) is 13.0 Å². The number of quaternary nitrogens is 1. The Kier molecular flexibility index (Phi) is 5.55. The Bertz CT molecular complexity index is 760. The van der Waals surface area contributed by atoms with Crippen molar-refractivity contribution in [3.8, 4) is 11.5 Å².